The Bertz CT molecular complexity index is 1000. The fourth-order valence-electron chi connectivity index (χ4n) is 5.00. The smallest absolute Gasteiger partial charge is 0.249 e. The van der Waals surface area contributed by atoms with Crippen molar-refractivity contribution in [3.63, 3.8) is 0 Å². The molecule has 1 aliphatic heterocycles. The molecule has 3 fully saturated rings. The summed E-state index contributed by atoms with van der Waals surface area (Å²) in [7, 11) is 1.51. The Balaban J connectivity index is 1.23. The molecular weight excluding hydrogens is 394 g/mol. The van der Waals surface area contributed by atoms with Crippen LogP contribution in [0.1, 0.15) is 37.3 Å². The third-order valence-electron chi connectivity index (χ3n) is 6.23. The van der Waals surface area contributed by atoms with E-state index in [0.717, 1.165) is 6.07 Å². The third kappa shape index (κ3) is 3.00. The zero-order valence-electron chi connectivity index (χ0n) is 16.3. The number of ether oxygens (including phenoxy) is 2. The van der Waals surface area contributed by atoms with Gasteiger partial charge in [0, 0.05) is 24.1 Å². The summed E-state index contributed by atoms with van der Waals surface area (Å²) in [5.74, 6) is -0.646. The van der Waals surface area contributed by atoms with Crippen molar-refractivity contribution in [1.82, 2.24) is 15.0 Å². The van der Waals surface area contributed by atoms with Crippen LogP contribution in [0.15, 0.2) is 35.7 Å². The summed E-state index contributed by atoms with van der Waals surface area (Å²) in [6, 6.07) is 2.86. The van der Waals surface area contributed by atoms with Gasteiger partial charge in [-0.25, -0.2) is 13.8 Å². The number of carbonyl (C=O) groups is 1. The first-order chi connectivity index (χ1) is 14.4. The van der Waals surface area contributed by atoms with Crippen LogP contribution in [0.5, 0.6) is 11.8 Å². The van der Waals surface area contributed by atoms with Crippen LogP contribution in [-0.4, -0.2) is 40.8 Å². The summed E-state index contributed by atoms with van der Waals surface area (Å²) in [5, 5.41) is 5.61. The van der Waals surface area contributed by atoms with Crippen molar-refractivity contribution in [2.75, 3.05) is 13.7 Å². The maximum absolute atomic E-state index is 13.6. The van der Waals surface area contributed by atoms with Crippen molar-refractivity contribution < 1.29 is 23.0 Å². The lowest BCUT2D eigenvalue weighted by atomic mass is 9.35. The Labute approximate surface area is 171 Å². The maximum atomic E-state index is 13.6. The van der Waals surface area contributed by atoms with Crippen LogP contribution >= 0.6 is 0 Å². The van der Waals surface area contributed by atoms with E-state index in [2.05, 4.69) is 15.1 Å². The number of amides is 1. The van der Waals surface area contributed by atoms with Gasteiger partial charge in [-0.1, -0.05) is 0 Å². The van der Waals surface area contributed by atoms with E-state index in [1.807, 2.05) is 0 Å². The van der Waals surface area contributed by atoms with E-state index in [1.165, 1.54) is 36.6 Å². The first-order valence-corrected chi connectivity index (χ1v) is 9.73. The first kappa shape index (κ1) is 18.9. The van der Waals surface area contributed by atoms with Crippen LogP contribution < -0.4 is 9.47 Å². The molecular formula is C21H20F2N4O3. The Morgan fingerprint density at radius 3 is 2.57 bits per heavy atom. The highest BCUT2D eigenvalue weighted by molar-refractivity contribution is 5.88. The fraction of sp³-hybridized carbons (Fsp3) is 0.429. The minimum absolute atomic E-state index is 0.0513. The second-order valence-corrected chi connectivity index (χ2v) is 8.40. The Kier molecular flexibility index (Phi) is 4.23. The van der Waals surface area contributed by atoms with Gasteiger partial charge in [0.05, 0.1) is 37.6 Å². The number of hydrogen-bond donors (Lipinski definition) is 0. The molecule has 0 N–H and O–H groups in total. The van der Waals surface area contributed by atoms with Crippen LogP contribution in [0.4, 0.5) is 8.78 Å². The van der Waals surface area contributed by atoms with Gasteiger partial charge in [-0.2, -0.15) is 10.1 Å². The molecule has 1 aromatic heterocycles. The summed E-state index contributed by atoms with van der Waals surface area (Å²) in [6.45, 7) is 0.450. The highest BCUT2D eigenvalue weighted by Gasteiger charge is 2.73. The number of benzene rings is 1. The Hall–Kier alpha value is -3.10. The quantitative estimate of drug-likeness (QED) is 0.725. The number of rotatable bonds is 6. The molecule has 1 amide bonds. The molecule has 1 unspecified atom stereocenters. The fourth-order valence-corrected chi connectivity index (χ4v) is 5.00. The number of aromatic nitrogens is 2. The number of methoxy groups -OCH3 is 1. The number of carbonyl (C=O) groups excluding carboxylic acids is 1. The standard InChI is InChI=1S/C21H20F2N4O3/c1-29-17-7-24-8-18(26-17)30-12-20-9-21(10-20,11-20)19(28)27-16(2-3-25-27)13-4-14(22)6-15(23)5-13/h3-8,16H,2,9-12H2,1H3. The summed E-state index contributed by atoms with van der Waals surface area (Å²) >= 11 is 0. The molecule has 2 bridgehead atoms. The minimum Gasteiger partial charge on any atom is -0.480 e. The van der Waals surface area contributed by atoms with Crippen LogP contribution in [0.25, 0.3) is 0 Å². The highest BCUT2D eigenvalue weighted by atomic mass is 19.1. The molecule has 2 aromatic rings. The molecule has 0 saturated heterocycles. The van der Waals surface area contributed by atoms with Crippen molar-refractivity contribution in [3.05, 3.63) is 47.8 Å². The van der Waals surface area contributed by atoms with Crippen molar-refractivity contribution in [2.45, 2.75) is 31.7 Å². The van der Waals surface area contributed by atoms with Gasteiger partial charge in [0.2, 0.25) is 17.7 Å². The van der Waals surface area contributed by atoms with Gasteiger partial charge in [-0.15, -0.1) is 0 Å². The van der Waals surface area contributed by atoms with E-state index >= 15 is 0 Å². The second kappa shape index (κ2) is 6.72. The molecule has 2 heterocycles. The molecule has 3 aliphatic carbocycles. The maximum Gasteiger partial charge on any atom is 0.249 e. The van der Waals surface area contributed by atoms with E-state index in [9.17, 15) is 13.6 Å². The summed E-state index contributed by atoms with van der Waals surface area (Å²) in [6.07, 6.45) is 7.19. The molecule has 0 radical (unpaired) electrons. The van der Waals surface area contributed by atoms with Crippen LogP contribution in [-0.2, 0) is 4.79 Å². The monoisotopic (exact) mass is 414 g/mol. The SMILES string of the molecule is COc1cncc(OCC23CC(C(=O)N4N=CCC4c4cc(F)cc(F)c4)(C2)C3)n1. The van der Waals surface area contributed by atoms with Crippen molar-refractivity contribution >= 4 is 12.1 Å². The molecule has 1 atom stereocenters. The van der Waals surface area contributed by atoms with E-state index in [-0.39, 0.29) is 11.3 Å². The van der Waals surface area contributed by atoms with E-state index < -0.39 is 23.1 Å². The largest absolute Gasteiger partial charge is 0.480 e. The molecule has 30 heavy (non-hydrogen) atoms. The minimum atomic E-state index is -0.661. The normalized spacial score (nSPS) is 28.6. The van der Waals surface area contributed by atoms with Crippen molar-refractivity contribution in [2.24, 2.45) is 15.9 Å². The van der Waals surface area contributed by atoms with Gasteiger partial charge >= 0.3 is 0 Å². The lowest BCUT2D eigenvalue weighted by molar-refractivity contribution is -0.227. The zero-order chi connectivity index (χ0) is 20.9. The molecule has 4 aliphatic rings. The Morgan fingerprint density at radius 2 is 1.87 bits per heavy atom. The average Bonchev–Trinajstić information content (AvgIpc) is 3.15. The van der Waals surface area contributed by atoms with Gasteiger partial charge < -0.3 is 9.47 Å². The topological polar surface area (TPSA) is 76.9 Å². The summed E-state index contributed by atoms with van der Waals surface area (Å²) in [5.41, 5.74) is -0.0981. The Morgan fingerprint density at radius 1 is 1.17 bits per heavy atom. The average molecular weight is 414 g/mol. The van der Waals surface area contributed by atoms with Gasteiger partial charge in [0.1, 0.15) is 11.6 Å². The number of hydrazone groups is 1. The van der Waals surface area contributed by atoms with Crippen LogP contribution in [0, 0.1) is 22.5 Å². The van der Waals surface area contributed by atoms with Crippen LogP contribution in [0.2, 0.25) is 0 Å². The second-order valence-electron chi connectivity index (χ2n) is 8.40. The van der Waals surface area contributed by atoms with Gasteiger partial charge in [-0.3, -0.25) is 9.78 Å². The molecule has 1 aromatic carbocycles. The first-order valence-electron chi connectivity index (χ1n) is 9.73. The summed E-state index contributed by atoms with van der Waals surface area (Å²) in [4.78, 5) is 21.4. The lowest BCUT2D eigenvalue weighted by Crippen LogP contribution is -2.69. The highest BCUT2D eigenvalue weighted by Crippen LogP contribution is 2.74. The predicted molar refractivity (Wildman–Crippen MR) is 102 cm³/mol. The number of hydrogen-bond acceptors (Lipinski definition) is 6. The van der Waals surface area contributed by atoms with E-state index in [4.69, 9.17) is 9.47 Å². The van der Waals surface area contributed by atoms with E-state index in [0.29, 0.717) is 49.6 Å². The summed E-state index contributed by atoms with van der Waals surface area (Å²) < 4.78 is 38.1. The number of nitrogens with zero attached hydrogens (tertiary/aromatic N) is 4. The van der Waals surface area contributed by atoms with E-state index in [1.54, 1.807) is 6.21 Å². The van der Waals surface area contributed by atoms with Crippen LogP contribution in [0.3, 0.4) is 0 Å². The van der Waals surface area contributed by atoms with Gasteiger partial charge in [-0.05, 0) is 37.0 Å². The third-order valence-corrected chi connectivity index (χ3v) is 6.23. The van der Waals surface area contributed by atoms with Crippen molar-refractivity contribution in [3.8, 4) is 11.8 Å². The molecule has 3 saturated carbocycles. The lowest BCUT2D eigenvalue weighted by Gasteiger charge is -2.69. The zero-order valence-corrected chi connectivity index (χ0v) is 16.3. The molecule has 0 spiro atoms. The molecule has 9 heteroatoms. The predicted octanol–water partition coefficient (Wildman–Crippen LogP) is 3.27. The van der Waals surface area contributed by atoms with Gasteiger partial charge in [0.15, 0.2) is 0 Å². The molecule has 7 nitrogen and oxygen atoms in total. The molecule has 6 rings (SSSR count). The van der Waals surface area contributed by atoms with Gasteiger partial charge in [0.25, 0.3) is 0 Å². The number of halogens is 2. The van der Waals surface area contributed by atoms with Crippen molar-refractivity contribution in [1.29, 1.82) is 0 Å². The molecule has 156 valence electrons.